The maximum absolute atomic E-state index is 12.5. The van der Waals surface area contributed by atoms with Crippen LogP contribution < -0.4 is 19.9 Å². The first-order chi connectivity index (χ1) is 12.4. The van der Waals surface area contributed by atoms with E-state index in [-0.39, 0.29) is 21.3 Å². The van der Waals surface area contributed by atoms with Crippen molar-refractivity contribution in [3.63, 3.8) is 0 Å². The van der Waals surface area contributed by atoms with Gasteiger partial charge in [-0.2, -0.15) is 0 Å². The smallest absolute Gasteiger partial charge is 0.277 e. The lowest BCUT2D eigenvalue weighted by molar-refractivity contribution is 0.0981. The Morgan fingerprint density at radius 3 is 2.73 bits per heavy atom. The van der Waals surface area contributed by atoms with Crippen LogP contribution in [0.2, 0.25) is 0 Å². The molecule has 0 unspecified atom stereocenters. The number of methoxy groups -OCH3 is 2. The van der Waals surface area contributed by atoms with Crippen molar-refractivity contribution in [2.45, 2.75) is 4.21 Å². The van der Waals surface area contributed by atoms with Gasteiger partial charge in [-0.25, -0.2) is 13.1 Å². The zero-order valence-electron chi connectivity index (χ0n) is 13.8. The lowest BCUT2D eigenvalue weighted by Crippen LogP contribution is -2.30. The number of anilines is 1. The Morgan fingerprint density at radius 2 is 2.04 bits per heavy atom. The van der Waals surface area contributed by atoms with Crippen molar-refractivity contribution in [2.24, 2.45) is 0 Å². The summed E-state index contributed by atoms with van der Waals surface area (Å²) in [4.78, 5) is 16.5. The van der Waals surface area contributed by atoms with Crippen LogP contribution in [0.3, 0.4) is 0 Å². The van der Waals surface area contributed by atoms with E-state index in [2.05, 4.69) is 4.98 Å². The predicted octanol–water partition coefficient (Wildman–Crippen LogP) is 2.01. The second-order valence-electron chi connectivity index (χ2n) is 5.20. The van der Waals surface area contributed by atoms with Gasteiger partial charge in [0.25, 0.3) is 15.9 Å². The standard InChI is InChI=1S/C16H15N3O5S2/c1-23-12-8-25-16(14(12)24-2)26(21,22)19-15(20)10-6-9-4-3-5-11(17)13(9)18-7-10/h3-8H,17H2,1-2H3,(H,19,20). The van der Waals surface area contributed by atoms with Crippen LogP contribution in [-0.2, 0) is 10.0 Å². The molecular weight excluding hydrogens is 378 g/mol. The Kier molecular flexibility index (Phi) is 4.70. The highest BCUT2D eigenvalue weighted by atomic mass is 32.2. The summed E-state index contributed by atoms with van der Waals surface area (Å²) in [5.74, 6) is -0.494. The molecule has 3 aromatic rings. The summed E-state index contributed by atoms with van der Waals surface area (Å²) >= 11 is 0.889. The number of hydrogen-bond acceptors (Lipinski definition) is 8. The fraction of sp³-hybridized carbons (Fsp3) is 0.125. The lowest BCUT2D eigenvalue weighted by atomic mass is 10.1. The van der Waals surface area contributed by atoms with E-state index >= 15 is 0 Å². The molecule has 2 heterocycles. The van der Waals surface area contributed by atoms with E-state index in [9.17, 15) is 13.2 Å². The maximum atomic E-state index is 12.5. The van der Waals surface area contributed by atoms with Gasteiger partial charge < -0.3 is 15.2 Å². The van der Waals surface area contributed by atoms with Gasteiger partial charge in [0.2, 0.25) is 0 Å². The van der Waals surface area contributed by atoms with Gasteiger partial charge >= 0.3 is 0 Å². The molecule has 136 valence electrons. The molecule has 10 heteroatoms. The Morgan fingerprint density at radius 1 is 1.27 bits per heavy atom. The number of ether oxygens (including phenoxy) is 2. The van der Waals surface area contributed by atoms with E-state index in [4.69, 9.17) is 15.2 Å². The molecule has 3 N–H and O–H groups in total. The Balaban J connectivity index is 1.93. The average molecular weight is 393 g/mol. The average Bonchev–Trinajstić information content (AvgIpc) is 3.05. The number of nitrogens with two attached hydrogens (primary N) is 1. The summed E-state index contributed by atoms with van der Waals surface area (Å²) in [7, 11) is -1.42. The largest absolute Gasteiger partial charge is 0.492 e. The van der Waals surface area contributed by atoms with Gasteiger partial charge in [-0.1, -0.05) is 12.1 Å². The molecule has 3 rings (SSSR count). The Bertz CT molecular complexity index is 1090. The van der Waals surface area contributed by atoms with Gasteiger partial charge in [-0.15, -0.1) is 11.3 Å². The summed E-state index contributed by atoms with van der Waals surface area (Å²) < 4.78 is 37.1. The number of thiophene rings is 1. The molecule has 0 saturated carbocycles. The van der Waals surface area contributed by atoms with Gasteiger partial charge in [0.15, 0.2) is 15.7 Å². The molecule has 0 bridgehead atoms. The van der Waals surface area contributed by atoms with Crippen molar-refractivity contribution in [3.8, 4) is 11.5 Å². The summed E-state index contributed by atoms with van der Waals surface area (Å²) in [6.07, 6.45) is 1.27. The highest BCUT2D eigenvalue weighted by molar-refractivity contribution is 7.92. The van der Waals surface area contributed by atoms with E-state index in [0.29, 0.717) is 16.6 Å². The van der Waals surface area contributed by atoms with E-state index < -0.39 is 15.9 Å². The number of pyridine rings is 1. The van der Waals surface area contributed by atoms with E-state index in [0.717, 1.165) is 11.3 Å². The first-order valence-electron chi connectivity index (χ1n) is 7.28. The zero-order valence-corrected chi connectivity index (χ0v) is 15.5. The topological polar surface area (TPSA) is 121 Å². The number of nitrogens with zero attached hydrogens (tertiary/aromatic N) is 1. The first kappa shape index (κ1) is 18.0. The number of sulfonamides is 1. The number of rotatable bonds is 5. The van der Waals surface area contributed by atoms with Crippen LogP contribution in [0.15, 0.2) is 40.1 Å². The van der Waals surface area contributed by atoms with Crippen molar-refractivity contribution < 1.29 is 22.7 Å². The number of carbonyl (C=O) groups excluding carboxylic acids is 1. The number of fused-ring (bicyclic) bond motifs is 1. The fourth-order valence-corrected chi connectivity index (χ4v) is 4.73. The van der Waals surface area contributed by atoms with Crippen LogP contribution in [0.4, 0.5) is 5.69 Å². The maximum Gasteiger partial charge on any atom is 0.277 e. The molecule has 26 heavy (non-hydrogen) atoms. The number of amides is 1. The Labute approximate surface area is 153 Å². The molecule has 1 aromatic carbocycles. The number of nitrogen functional groups attached to an aromatic ring is 1. The Hall–Kier alpha value is -2.85. The van der Waals surface area contributed by atoms with Crippen molar-refractivity contribution >= 4 is 43.9 Å². The van der Waals surface area contributed by atoms with Crippen LogP contribution in [0.1, 0.15) is 10.4 Å². The molecule has 0 fully saturated rings. The normalized spacial score (nSPS) is 11.3. The van der Waals surface area contributed by atoms with Crippen LogP contribution in [0.25, 0.3) is 10.9 Å². The van der Waals surface area contributed by atoms with Gasteiger partial charge in [0, 0.05) is 17.0 Å². The second-order valence-corrected chi connectivity index (χ2v) is 7.96. The molecule has 0 radical (unpaired) electrons. The summed E-state index contributed by atoms with van der Waals surface area (Å²) in [5, 5.41) is 2.11. The third-order valence-electron chi connectivity index (χ3n) is 3.58. The minimum Gasteiger partial charge on any atom is -0.492 e. The van der Waals surface area contributed by atoms with Gasteiger partial charge in [0.05, 0.1) is 31.0 Å². The van der Waals surface area contributed by atoms with Crippen molar-refractivity contribution in [3.05, 3.63) is 41.4 Å². The summed E-state index contributed by atoms with van der Waals surface area (Å²) in [5.41, 5.74) is 6.92. The van der Waals surface area contributed by atoms with Crippen LogP contribution >= 0.6 is 11.3 Å². The molecule has 0 spiro atoms. The van der Waals surface area contributed by atoms with Gasteiger partial charge in [-0.3, -0.25) is 9.78 Å². The van der Waals surface area contributed by atoms with Crippen LogP contribution in [0, 0.1) is 0 Å². The van der Waals surface area contributed by atoms with Crippen molar-refractivity contribution in [1.29, 1.82) is 0 Å². The molecular formula is C16H15N3O5S2. The third kappa shape index (κ3) is 3.16. The molecule has 2 aromatic heterocycles. The molecule has 0 aliphatic carbocycles. The minimum atomic E-state index is -4.14. The monoisotopic (exact) mass is 393 g/mol. The van der Waals surface area contributed by atoms with Gasteiger partial charge in [0.1, 0.15) is 0 Å². The molecule has 0 saturated heterocycles. The molecule has 1 amide bonds. The molecule has 0 atom stereocenters. The highest BCUT2D eigenvalue weighted by Gasteiger charge is 2.27. The molecule has 8 nitrogen and oxygen atoms in total. The van der Waals surface area contributed by atoms with Crippen molar-refractivity contribution in [2.75, 3.05) is 20.0 Å². The minimum absolute atomic E-state index is 0.0437. The van der Waals surface area contributed by atoms with Crippen molar-refractivity contribution in [1.82, 2.24) is 9.71 Å². The predicted molar refractivity (Wildman–Crippen MR) is 98.2 cm³/mol. The number of aromatic nitrogens is 1. The number of carbonyl (C=O) groups is 1. The molecule has 0 aliphatic rings. The highest BCUT2D eigenvalue weighted by Crippen LogP contribution is 2.40. The van der Waals surface area contributed by atoms with Gasteiger partial charge in [-0.05, 0) is 12.1 Å². The quantitative estimate of drug-likeness (QED) is 0.636. The first-order valence-corrected chi connectivity index (χ1v) is 9.64. The number of benzene rings is 1. The summed E-state index contributed by atoms with van der Waals surface area (Å²) in [6.45, 7) is 0. The number of nitrogens with one attached hydrogen (secondary N) is 1. The fourth-order valence-electron chi connectivity index (χ4n) is 2.36. The van der Waals surface area contributed by atoms with E-state index in [1.54, 1.807) is 18.2 Å². The second kappa shape index (κ2) is 6.81. The van der Waals surface area contributed by atoms with Crippen LogP contribution in [-0.4, -0.2) is 33.5 Å². The summed E-state index contributed by atoms with van der Waals surface area (Å²) in [6, 6.07) is 6.67. The number of hydrogen-bond donors (Lipinski definition) is 2. The SMILES string of the molecule is COc1csc(S(=O)(=O)NC(=O)c2cnc3c(N)cccc3c2)c1OC. The number of para-hydroxylation sites is 1. The lowest BCUT2D eigenvalue weighted by Gasteiger charge is -2.09. The zero-order chi connectivity index (χ0) is 18.9. The molecule has 0 aliphatic heterocycles. The van der Waals surface area contributed by atoms with E-state index in [1.165, 1.54) is 31.9 Å². The third-order valence-corrected chi connectivity index (χ3v) is 6.39. The van der Waals surface area contributed by atoms with Crippen LogP contribution in [0.5, 0.6) is 11.5 Å². The van der Waals surface area contributed by atoms with E-state index in [1.807, 2.05) is 4.72 Å².